The Morgan fingerprint density at radius 2 is 1.64 bits per heavy atom. The number of hydrogen-bond acceptors (Lipinski definition) is 7. The van der Waals surface area contributed by atoms with Crippen LogP contribution in [0.5, 0.6) is 23.0 Å². The number of hydrogen-bond donors (Lipinski definition) is 2. The number of fused-ring (bicyclic) bond motifs is 1. The summed E-state index contributed by atoms with van der Waals surface area (Å²) in [6, 6.07) is 21.2. The molecule has 1 heterocycles. The minimum absolute atomic E-state index is 0.180. The molecule has 0 saturated heterocycles. The van der Waals surface area contributed by atoms with Gasteiger partial charge >= 0.3 is 5.97 Å². The molecule has 0 atom stereocenters. The van der Waals surface area contributed by atoms with Crippen LogP contribution in [0.1, 0.15) is 32.0 Å². The third-order valence-corrected chi connectivity index (χ3v) is 7.59. The summed E-state index contributed by atoms with van der Waals surface area (Å²) in [5.41, 5.74) is 6.71. The molecule has 0 bridgehead atoms. The highest BCUT2D eigenvalue weighted by Gasteiger charge is 2.22. The molecule has 0 saturated carbocycles. The average molecular weight is 677 g/mol. The number of H-pyrrole nitrogens is 1. The molecule has 1 amide bonds. The van der Waals surface area contributed by atoms with E-state index in [9.17, 15) is 9.59 Å². The molecule has 224 valence electrons. The summed E-state index contributed by atoms with van der Waals surface area (Å²) in [7, 11) is 4.39. The van der Waals surface area contributed by atoms with Crippen LogP contribution in [0, 0.1) is 6.92 Å². The van der Waals surface area contributed by atoms with Crippen molar-refractivity contribution in [1.82, 2.24) is 10.4 Å². The largest absolute Gasteiger partial charge is 0.493 e. The van der Waals surface area contributed by atoms with Gasteiger partial charge in [-0.2, -0.15) is 5.10 Å². The molecule has 0 fully saturated rings. The third-order valence-electron chi connectivity index (χ3n) is 6.77. The van der Waals surface area contributed by atoms with E-state index < -0.39 is 11.9 Å². The smallest absolute Gasteiger partial charge is 0.343 e. The zero-order valence-electron chi connectivity index (χ0n) is 24.2. The Bertz CT molecular complexity index is 1890. The van der Waals surface area contributed by atoms with Crippen LogP contribution in [0.25, 0.3) is 22.0 Å². The summed E-state index contributed by atoms with van der Waals surface area (Å²) in [6.07, 6.45) is 1.39. The minimum atomic E-state index is -0.664. The highest BCUT2D eigenvalue weighted by molar-refractivity contribution is 9.10. The zero-order valence-corrected chi connectivity index (χ0v) is 26.5. The van der Waals surface area contributed by atoms with E-state index in [1.807, 2.05) is 43.3 Å². The average Bonchev–Trinajstić information content (AvgIpc) is 3.40. The number of ether oxygens (including phenoxy) is 4. The molecule has 0 aliphatic carbocycles. The first-order valence-electron chi connectivity index (χ1n) is 13.3. The van der Waals surface area contributed by atoms with E-state index >= 15 is 0 Å². The lowest BCUT2D eigenvalue weighted by Crippen LogP contribution is -2.19. The van der Waals surface area contributed by atoms with Gasteiger partial charge in [0.1, 0.15) is 11.4 Å². The fourth-order valence-electron chi connectivity index (χ4n) is 4.71. The van der Waals surface area contributed by atoms with E-state index in [-0.39, 0.29) is 11.3 Å². The van der Waals surface area contributed by atoms with Crippen LogP contribution in [0.3, 0.4) is 0 Å². The van der Waals surface area contributed by atoms with Crippen LogP contribution in [0.15, 0.2) is 82.4 Å². The van der Waals surface area contributed by atoms with Crippen molar-refractivity contribution in [2.24, 2.45) is 5.10 Å². The van der Waals surface area contributed by atoms with E-state index in [0.29, 0.717) is 49.1 Å². The number of carbonyl (C=O) groups excluding carboxylic acids is 2. The number of rotatable bonds is 9. The number of methoxy groups -OCH3 is 3. The van der Waals surface area contributed by atoms with Crippen LogP contribution in [-0.4, -0.2) is 44.4 Å². The Morgan fingerprint density at radius 1 is 0.909 bits per heavy atom. The number of aromatic nitrogens is 1. The lowest BCUT2D eigenvalue weighted by molar-refractivity contribution is 0.0733. The number of hydrazone groups is 1. The Kier molecular flexibility index (Phi) is 9.22. The van der Waals surface area contributed by atoms with Crippen LogP contribution in [0.4, 0.5) is 0 Å². The Hall–Kier alpha value is -4.80. The highest BCUT2D eigenvalue weighted by Crippen LogP contribution is 2.39. The van der Waals surface area contributed by atoms with Crippen molar-refractivity contribution in [2.45, 2.75) is 6.92 Å². The number of aryl methyl sites for hydroxylation is 1. The maximum absolute atomic E-state index is 13.5. The quantitative estimate of drug-likeness (QED) is 0.0721. The summed E-state index contributed by atoms with van der Waals surface area (Å²) < 4.78 is 22.4. The number of esters is 1. The second-order valence-electron chi connectivity index (χ2n) is 9.59. The maximum atomic E-state index is 13.5. The fourth-order valence-corrected chi connectivity index (χ4v) is 5.32. The lowest BCUT2D eigenvalue weighted by atomic mass is 10.0. The van der Waals surface area contributed by atoms with Crippen LogP contribution >= 0.6 is 27.5 Å². The molecule has 1 aromatic heterocycles. The van der Waals surface area contributed by atoms with Gasteiger partial charge in [-0.3, -0.25) is 4.79 Å². The number of nitrogens with one attached hydrogen (secondary N) is 2. The second-order valence-corrected chi connectivity index (χ2v) is 10.9. The van der Waals surface area contributed by atoms with E-state index in [4.69, 9.17) is 30.5 Å². The van der Waals surface area contributed by atoms with Crippen LogP contribution < -0.4 is 24.4 Å². The molecule has 44 heavy (non-hydrogen) atoms. The van der Waals surface area contributed by atoms with Gasteiger partial charge in [0.05, 0.1) is 33.1 Å². The van der Waals surface area contributed by atoms with Crippen LogP contribution in [-0.2, 0) is 0 Å². The lowest BCUT2D eigenvalue weighted by Gasteiger charge is -2.14. The number of nitrogens with zero attached hydrogens (tertiary/aromatic N) is 1. The van der Waals surface area contributed by atoms with Crippen molar-refractivity contribution < 1.29 is 28.5 Å². The SMILES string of the molecule is COc1cc(C(=O)Oc2ccc(Br)cc2C=NNC(=O)c2[nH]c3ccc(C)cc3c2-c2ccccc2Cl)cc(OC)c1OC. The molecule has 2 N–H and O–H groups in total. The predicted molar refractivity (Wildman–Crippen MR) is 174 cm³/mol. The molecule has 0 unspecified atom stereocenters. The van der Waals surface area contributed by atoms with Gasteiger partial charge in [0.25, 0.3) is 5.91 Å². The molecule has 11 heteroatoms. The van der Waals surface area contributed by atoms with Gasteiger partial charge < -0.3 is 23.9 Å². The first kappa shape index (κ1) is 30.7. The van der Waals surface area contributed by atoms with E-state index in [0.717, 1.165) is 16.5 Å². The molecule has 0 aliphatic rings. The molecule has 4 aromatic carbocycles. The van der Waals surface area contributed by atoms with Crippen molar-refractivity contribution in [3.8, 4) is 34.1 Å². The van der Waals surface area contributed by atoms with Gasteiger partial charge in [0.2, 0.25) is 5.75 Å². The van der Waals surface area contributed by atoms with Gasteiger partial charge in [-0.1, -0.05) is 57.4 Å². The Labute approximate surface area is 266 Å². The number of carbonyl (C=O) groups is 2. The molecule has 9 nitrogen and oxygen atoms in total. The van der Waals surface area contributed by atoms with E-state index in [1.54, 1.807) is 24.3 Å². The van der Waals surface area contributed by atoms with Gasteiger partial charge in [0.15, 0.2) is 11.5 Å². The van der Waals surface area contributed by atoms with Gasteiger partial charge in [0, 0.05) is 37.1 Å². The van der Waals surface area contributed by atoms with Gasteiger partial charge in [-0.05, 0) is 55.5 Å². The number of halogens is 2. The molecule has 0 spiro atoms. The first-order valence-corrected chi connectivity index (χ1v) is 14.4. The number of benzene rings is 4. The van der Waals surface area contributed by atoms with Crippen molar-refractivity contribution in [3.05, 3.63) is 105 Å². The van der Waals surface area contributed by atoms with Crippen molar-refractivity contribution in [2.75, 3.05) is 21.3 Å². The highest BCUT2D eigenvalue weighted by atomic mass is 79.9. The third kappa shape index (κ3) is 6.27. The summed E-state index contributed by atoms with van der Waals surface area (Å²) in [5.74, 6) is 0.0353. The van der Waals surface area contributed by atoms with Crippen molar-refractivity contribution in [1.29, 1.82) is 0 Å². The predicted octanol–water partition coefficient (Wildman–Crippen LogP) is 7.57. The zero-order chi connectivity index (χ0) is 31.4. The van der Waals surface area contributed by atoms with Gasteiger partial charge in [-0.25, -0.2) is 10.2 Å². The number of amides is 1. The van der Waals surface area contributed by atoms with Gasteiger partial charge in [-0.15, -0.1) is 0 Å². The topological polar surface area (TPSA) is 111 Å². The monoisotopic (exact) mass is 675 g/mol. The van der Waals surface area contributed by atoms with Crippen molar-refractivity contribution >= 4 is 56.5 Å². The normalized spacial score (nSPS) is 11.0. The van der Waals surface area contributed by atoms with Crippen LogP contribution in [0.2, 0.25) is 5.02 Å². The number of aromatic amines is 1. The van der Waals surface area contributed by atoms with E-state index in [1.165, 1.54) is 39.7 Å². The molecule has 5 rings (SSSR count). The summed E-state index contributed by atoms with van der Waals surface area (Å²) >= 11 is 9.97. The summed E-state index contributed by atoms with van der Waals surface area (Å²) in [4.78, 5) is 29.8. The molecular formula is C33H27BrClN3O6. The molecule has 0 radical (unpaired) electrons. The standard InChI is InChI=1S/C33H27BrClN3O6/c1-18-9-11-25-23(13-18)29(22-7-5-6-8-24(22)35)30(37-25)32(39)38-36-17-20-14-21(34)10-12-26(20)44-33(40)19-15-27(41-2)31(43-4)28(16-19)42-3/h5-17,37H,1-4H3,(H,38,39). The second kappa shape index (κ2) is 13.2. The molecule has 0 aliphatic heterocycles. The summed E-state index contributed by atoms with van der Waals surface area (Å²) in [6.45, 7) is 1.98. The Morgan fingerprint density at radius 3 is 2.32 bits per heavy atom. The molecular weight excluding hydrogens is 650 g/mol. The maximum Gasteiger partial charge on any atom is 0.343 e. The molecule has 5 aromatic rings. The first-order chi connectivity index (χ1) is 21.2. The minimum Gasteiger partial charge on any atom is -0.493 e. The summed E-state index contributed by atoms with van der Waals surface area (Å²) in [5, 5.41) is 5.55. The van der Waals surface area contributed by atoms with E-state index in [2.05, 4.69) is 31.4 Å². The Balaban J connectivity index is 1.42. The fraction of sp³-hybridized carbons (Fsp3) is 0.121. The van der Waals surface area contributed by atoms with Crippen molar-refractivity contribution in [3.63, 3.8) is 0 Å².